The Hall–Kier alpha value is -3.10. The molecule has 2 fully saturated rings. The van der Waals surface area contributed by atoms with Crippen molar-refractivity contribution >= 4 is 11.6 Å². The first-order valence-electron chi connectivity index (χ1n) is 13.4. The predicted molar refractivity (Wildman–Crippen MR) is 137 cm³/mol. The molecule has 0 aliphatic heterocycles. The molecule has 0 aromatic carbocycles. The number of amides is 1. The fourth-order valence-electron chi connectivity index (χ4n) is 5.32. The van der Waals surface area contributed by atoms with Crippen LogP contribution in [0.4, 0.5) is 14.5 Å². The molecule has 3 aromatic rings. The molecule has 0 radical (unpaired) electrons. The quantitative estimate of drug-likeness (QED) is 0.313. The Morgan fingerprint density at radius 3 is 2.62 bits per heavy atom. The number of hydrogen-bond donors (Lipinski definition) is 0. The van der Waals surface area contributed by atoms with Gasteiger partial charge in [0.15, 0.2) is 11.4 Å². The first-order valence-corrected chi connectivity index (χ1v) is 13.4. The summed E-state index contributed by atoms with van der Waals surface area (Å²) < 4.78 is 35.1. The number of anilines is 1. The summed E-state index contributed by atoms with van der Waals surface area (Å²) in [5, 5.41) is 4.22. The van der Waals surface area contributed by atoms with E-state index in [9.17, 15) is 13.6 Å². The van der Waals surface area contributed by atoms with Crippen LogP contribution < -0.4 is 4.90 Å². The van der Waals surface area contributed by atoms with Gasteiger partial charge in [-0.2, -0.15) is 5.10 Å². The van der Waals surface area contributed by atoms with E-state index in [-0.39, 0.29) is 23.1 Å². The number of nitrogens with zero attached hydrogens (tertiary/aromatic N) is 5. The summed E-state index contributed by atoms with van der Waals surface area (Å²) in [6.07, 6.45) is 10.3. The summed E-state index contributed by atoms with van der Waals surface area (Å²) in [5.41, 5.74) is 1.46. The fraction of sp³-hybridized carbons (Fsp3) is 0.571. The van der Waals surface area contributed by atoms with Crippen molar-refractivity contribution in [1.29, 1.82) is 0 Å². The van der Waals surface area contributed by atoms with Crippen LogP contribution in [0.15, 0.2) is 35.2 Å². The minimum atomic E-state index is -2.79. The minimum absolute atomic E-state index is 0.0549. The van der Waals surface area contributed by atoms with Crippen LogP contribution in [0.2, 0.25) is 0 Å². The molecule has 2 aliphatic rings. The number of alkyl halides is 2. The van der Waals surface area contributed by atoms with E-state index in [1.807, 2.05) is 6.07 Å². The van der Waals surface area contributed by atoms with Crippen LogP contribution in [0.25, 0.3) is 11.5 Å². The molecule has 3 heterocycles. The number of hydrogen-bond acceptors (Lipinski definition) is 5. The van der Waals surface area contributed by atoms with Gasteiger partial charge in [-0.05, 0) is 68.4 Å². The lowest BCUT2D eigenvalue weighted by Gasteiger charge is -2.31. The number of oxazole rings is 1. The highest BCUT2D eigenvalue weighted by atomic mass is 19.3. The van der Waals surface area contributed by atoms with Gasteiger partial charge in [-0.3, -0.25) is 14.5 Å². The molecule has 7 nitrogen and oxygen atoms in total. The Morgan fingerprint density at radius 2 is 1.95 bits per heavy atom. The van der Waals surface area contributed by atoms with Gasteiger partial charge in [0.25, 0.3) is 12.3 Å². The van der Waals surface area contributed by atoms with Crippen molar-refractivity contribution in [2.45, 2.75) is 77.7 Å². The standard InChI is InChI=1S/C28H35F2N5O2/c1-17(2)19-7-10-22(11-8-19)35-15-24(25(33-35)26(29)30)34(3)28(36)23-16-37-27(32-23)20-12-13-31-21(14-20)9-6-18-4-5-18/h12-19,22,26H,4-11H2,1-3H3. The molecule has 0 bridgehead atoms. The highest BCUT2D eigenvalue weighted by Crippen LogP contribution is 2.38. The van der Waals surface area contributed by atoms with Gasteiger partial charge in [-0.15, -0.1) is 0 Å². The first kappa shape index (κ1) is 25.5. The molecule has 1 amide bonds. The van der Waals surface area contributed by atoms with Crippen molar-refractivity contribution in [3.63, 3.8) is 0 Å². The van der Waals surface area contributed by atoms with Crippen LogP contribution in [0, 0.1) is 17.8 Å². The summed E-state index contributed by atoms with van der Waals surface area (Å²) in [5.74, 6) is 1.86. The summed E-state index contributed by atoms with van der Waals surface area (Å²) in [6.45, 7) is 4.45. The van der Waals surface area contributed by atoms with E-state index < -0.39 is 12.3 Å². The summed E-state index contributed by atoms with van der Waals surface area (Å²) in [7, 11) is 1.47. The average Bonchev–Trinajstić information content (AvgIpc) is 3.40. The number of aryl methyl sites for hydroxylation is 1. The Bertz CT molecular complexity index is 1220. The smallest absolute Gasteiger partial charge is 0.284 e. The molecule has 9 heteroatoms. The number of aromatic nitrogens is 4. The molecule has 2 saturated carbocycles. The number of rotatable bonds is 9. The van der Waals surface area contributed by atoms with E-state index in [1.54, 1.807) is 23.1 Å². The van der Waals surface area contributed by atoms with E-state index in [2.05, 4.69) is 28.9 Å². The molecule has 37 heavy (non-hydrogen) atoms. The first-order chi connectivity index (χ1) is 17.8. The fourth-order valence-corrected chi connectivity index (χ4v) is 5.32. The molecule has 0 spiro atoms. The Balaban J connectivity index is 1.31. The van der Waals surface area contributed by atoms with Crippen molar-refractivity contribution < 1.29 is 18.0 Å². The second-order valence-electron chi connectivity index (χ2n) is 10.9. The van der Waals surface area contributed by atoms with Crippen molar-refractivity contribution in [3.05, 3.63) is 47.9 Å². The van der Waals surface area contributed by atoms with Gasteiger partial charge in [0, 0.05) is 30.7 Å². The van der Waals surface area contributed by atoms with E-state index in [0.717, 1.165) is 55.7 Å². The van der Waals surface area contributed by atoms with Gasteiger partial charge in [0.1, 0.15) is 6.26 Å². The zero-order chi connectivity index (χ0) is 26.1. The number of halogens is 2. The molecule has 0 N–H and O–H groups in total. The van der Waals surface area contributed by atoms with E-state index in [0.29, 0.717) is 17.7 Å². The van der Waals surface area contributed by atoms with Crippen LogP contribution in [0.1, 0.15) is 93.1 Å². The van der Waals surface area contributed by atoms with Crippen LogP contribution in [0.5, 0.6) is 0 Å². The molecular formula is C28H35F2N5O2. The lowest BCUT2D eigenvalue weighted by atomic mass is 9.80. The van der Waals surface area contributed by atoms with E-state index in [1.165, 1.54) is 31.1 Å². The third kappa shape index (κ3) is 5.75. The Labute approximate surface area is 216 Å². The van der Waals surface area contributed by atoms with Gasteiger partial charge in [0.2, 0.25) is 5.89 Å². The highest BCUT2D eigenvalue weighted by molar-refractivity contribution is 6.04. The third-order valence-corrected chi connectivity index (χ3v) is 7.96. The van der Waals surface area contributed by atoms with Gasteiger partial charge in [-0.1, -0.05) is 26.7 Å². The molecule has 5 rings (SSSR count). The molecule has 2 aliphatic carbocycles. The minimum Gasteiger partial charge on any atom is -0.444 e. The van der Waals surface area contributed by atoms with Gasteiger partial charge in [0.05, 0.1) is 11.7 Å². The van der Waals surface area contributed by atoms with Crippen molar-refractivity contribution in [2.75, 3.05) is 11.9 Å². The van der Waals surface area contributed by atoms with E-state index in [4.69, 9.17) is 4.42 Å². The summed E-state index contributed by atoms with van der Waals surface area (Å²) in [4.78, 5) is 23.2. The maximum Gasteiger partial charge on any atom is 0.284 e. The largest absolute Gasteiger partial charge is 0.444 e. The second-order valence-corrected chi connectivity index (χ2v) is 10.9. The highest BCUT2D eigenvalue weighted by Gasteiger charge is 2.30. The normalized spacial score (nSPS) is 20.1. The van der Waals surface area contributed by atoms with Gasteiger partial charge >= 0.3 is 0 Å². The number of carbonyl (C=O) groups excluding carboxylic acids is 1. The number of carbonyl (C=O) groups is 1. The molecule has 198 valence electrons. The van der Waals surface area contributed by atoms with Crippen molar-refractivity contribution in [3.8, 4) is 11.5 Å². The monoisotopic (exact) mass is 511 g/mol. The maximum absolute atomic E-state index is 13.9. The zero-order valence-electron chi connectivity index (χ0n) is 21.7. The van der Waals surface area contributed by atoms with Crippen molar-refractivity contribution in [2.24, 2.45) is 17.8 Å². The zero-order valence-corrected chi connectivity index (χ0v) is 21.7. The third-order valence-electron chi connectivity index (χ3n) is 7.96. The Kier molecular flexibility index (Phi) is 7.40. The lowest BCUT2D eigenvalue weighted by Crippen LogP contribution is -2.27. The average molecular weight is 512 g/mol. The van der Waals surface area contributed by atoms with E-state index >= 15 is 0 Å². The van der Waals surface area contributed by atoms with Crippen LogP contribution in [-0.4, -0.2) is 32.7 Å². The van der Waals surface area contributed by atoms with Crippen molar-refractivity contribution in [1.82, 2.24) is 19.7 Å². The van der Waals surface area contributed by atoms with Crippen LogP contribution >= 0.6 is 0 Å². The lowest BCUT2D eigenvalue weighted by molar-refractivity contribution is 0.0986. The van der Waals surface area contributed by atoms with Gasteiger partial charge in [-0.25, -0.2) is 13.8 Å². The topological polar surface area (TPSA) is 77.0 Å². The van der Waals surface area contributed by atoms with Gasteiger partial charge < -0.3 is 9.32 Å². The maximum atomic E-state index is 13.9. The van der Waals surface area contributed by atoms with Crippen LogP contribution in [0.3, 0.4) is 0 Å². The SMILES string of the molecule is CC(C)C1CCC(n2cc(N(C)C(=O)c3coc(-c4ccnc(CCC5CC5)c4)n3)c(C(F)F)n2)CC1. The summed E-state index contributed by atoms with van der Waals surface area (Å²) >= 11 is 0. The molecule has 0 atom stereocenters. The molecule has 0 unspecified atom stereocenters. The predicted octanol–water partition coefficient (Wildman–Crippen LogP) is 6.88. The van der Waals surface area contributed by atoms with Crippen LogP contribution in [-0.2, 0) is 6.42 Å². The molecular weight excluding hydrogens is 476 g/mol. The second kappa shape index (κ2) is 10.7. The Morgan fingerprint density at radius 1 is 1.19 bits per heavy atom. The number of pyridine rings is 1. The summed E-state index contributed by atoms with van der Waals surface area (Å²) in [6, 6.07) is 3.78. The molecule has 0 saturated heterocycles. The molecule has 3 aromatic heterocycles.